The maximum atomic E-state index is 6.87. The van der Waals surface area contributed by atoms with Crippen molar-refractivity contribution >= 4 is 76.1 Å². The van der Waals surface area contributed by atoms with E-state index in [1.807, 2.05) is 17.5 Å². The van der Waals surface area contributed by atoms with Gasteiger partial charge in [-0.25, -0.2) is 4.98 Å². The predicted molar refractivity (Wildman–Crippen MR) is 270 cm³/mol. The molecule has 6 heteroatoms. The smallest absolute Gasteiger partial charge is 0.137 e. The fraction of sp³-hybridized carbons (Fsp3) is 0.0862. The molecule has 0 spiro atoms. The predicted octanol–water partition coefficient (Wildman–Crippen LogP) is 16.2. The molecule has 12 rings (SSSR count). The van der Waals surface area contributed by atoms with Crippen molar-refractivity contribution in [2.45, 2.75) is 26.2 Å². The molecule has 0 saturated heterocycles. The second-order valence-corrected chi connectivity index (χ2v) is 18.7. The number of aromatic nitrogens is 2. The Hall–Kier alpha value is -7.67. The van der Waals surface area contributed by atoms with Crippen LogP contribution in [0.1, 0.15) is 26.3 Å². The third-order valence-electron chi connectivity index (χ3n) is 12.7. The summed E-state index contributed by atoms with van der Waals surface area (Å²) in [5, 5.41) is 4.92. The summed E-state index contributed by atoms with van der Waals surface area (Å²) < 4.78 is 11.7. The topological polar surface area (TPSA) is 33.5 Å². The fourth-order valence-corrected chi connectivity index (χ4v) is 10.8. The van der Waals surface area contributed by atoms with Gasteiger partial charge in [-0.3, -0.25) is 4.57 Å². The molecule has 0 saturated carbocycles. The van der Waals surface area contributed by atoms with Gasteiger partial charge in [0.1, 0.15) is 24.0 Å². The van der Waals surface area contributed by atoms with Crippen molar-refractivity contribution in [2.24, 2.45) is 0 Å². The van der Waals surface area contributed by atoms with Gasteiger partial charge in [0.2, 0.25) is 0 Å². The molecule has 5 nitrogen and oxygen atoms in total. The number of para-hydroxylation sites is 3. The van der Waals surface area contributed by atoms with E-state index >= 15 is 0 Å². The molecule has 0 aliphatic carbocycles. The van der Waals surface area contributed by atoms with E-state index < -0.39 is 0 Å². The SMILES string of the molecule is CC(C)(C)c1ccnc(-n2c3cc(Oc4cccc(N5CN(c6c(-c7ccccc7)cccc6-c6ccccc6)c6ccccc65)c4)ccc3c3sc4ccc5ccccc5c4c32)c1. The zero-order chi connectivity index (χ0) is 42.9. The van der Waals surface area contributed by atoms with E-state index in [1.165, 1.54) is 70.0 Å². The first-order valence-corrected chi connectivity index (χ1v) is 22.7. The quantitative estimate of drug-likeness (QED) is 0.160. The van der Waals surface area contributed by atoms with Crippen molar-refractivity contribution < 1.29 is 4.74 Å². The maximum Gasteiger partial charge on any atom is 0.137 e. The number of hydrogen-bond donors (Lipinski definition) is 0. The first kappa shape index (κ1) is 38.0. The molecule has 64 heavy (non-hydrogen) atoms. The van der Waals surface area contributed by atoms with Gasteiger partial charge >= 0.3 is 0 Å². The zero-order valence-corrected chi connectivity index (χ0v) is 36.7. The lowest BCUT2D eigenvalue weighted by Gasteiger charge is -2.27. The van der Waals surface area contributed by atoms with Crippen LogP contribution in [0.3, 0.4) is 0 Å². The number of pyridine rings is 1. The van der Waals surface area contributed by atoms with E-state index in [0.717, 1.165) is 39.9 Å². The molecule has 3 aromatic heterocycles. The number of anilines is 4. The molecule has 4 heterocycles. The second kappa shape index (κ2) is 15.0. The van der Waals surface area contributed by atoms with E-state index in [4.69, 9.17) is 9.72 Å². The Bertz CT molecular complexity index is 3510. The number of hydrogen-bond acceptors (Lipinski definition) is 5. The zero-order valence-electron chi connectivity index (χ0n) is 35.9. The molecule has 0 fully saturated rings. The molecule has 11 aromatic rings. The molecule has 308 valence electrons. The Morgan fingerprint density at radius 2 is 1.23 bits per heavy atom. The highest BCUT2D eigenvalue weighted by Gasteiger charge is 2.31. The Labute approximate surface area is 376 Å². The number of benzene rings is 8. The first-order valence-electron chi connectivity index (χ1n) is 21.9. The Kier molecular flexibility index (Phi) is 8.92. The summed E-state index contributed by atoms with van der Waals surface area (Å²) >= 11 is 1.85. The maximum absolute atomic E-state index is 6.87. The van der Waals surface area contributed by atoms with Crippen LogP contribution in [-0.4, -0.2) is 16.2 Å². The van der Waals surface area contributed by atoms with E-state index in [1.54, 1.807) is 0 Å². The van der Waals surface area contributed by atoms with Gasteiger partial charge in [0, 0.05) is 50.6 Å². The summed E-state index contributed by atoms with van der Waals surface area (Å²) in [7, 11) is 0. The van der Waals surface area contributed by atoms with Crippen molar-refractivity contribution in [1.29, 1.82) is 0 Å². The average Bonchev–Trinajstić information content (AvgIpc) is 4.01. The van der Waals surface area contributed by atoms with Gasteiger partial charge in [0.15, 0.2) is 0 Å². The Balaban J connectivity index is 0.958. The molecular formula is C58H44N4OS. The molecule has 1 aliphatic rings. The fourth-order valence-electron chi connectivity index (χ4n) is 9.58. The first-order chi connectivity index (χ1) is 31.4. The highest BCUT2D eigenvalue weighted by atomic mass is 32.1. The summed E-state index contributed by atoms with van der Waals surface area (Å²) in [6.07, 6.45) is 1.95. The molecule has 1 aliphatic heterocycles. The van der Waals surface area contributed by atoms with Crippen molar-refractivity contribution in [2.75, 3.05) is 16.5 Å². The van der Waals surface area contributed by atoms with Crippen molar-refractivity contribution in [3.8, 4) is 39.6 Å². The molecule has 0 amide bonds. The summed E-state index contributed by atoms with van der Waals surface area (Å²) in [4.78, 5) is 9.90. The number of ether oxygens (including phenoxy) is 1. The average molecular weight is 845 g/mol. The molecule has 0 bridgehead atoms. The summed E-state index contributed by atoms with van der Waals surface area (Å²) in [6, 6.07) is 69.5. The lowest BCUT2D eigenvalue weighted by Crippen LogP contribution is -2.24. The van der Waals surface area contributed by atoms with Crippen LogP contribution in [0.15, 0.2) is 200 Å². The number of rotatable bonds is 7. The Morgan fingerprint density at radius 3 is 1.98 bits per heavy atom. The monoisotopic (exact) mass is 844 g/mol. The van der Waals surface area contributed by atoms with Gasteiger partial charge in [-0.05, 0) is 87.5 Å². The van der Waals surface area contributed by atoms with Gasteiger partial charge in [-0.15, -0.1) is 11.3 Å². The van der Waals surface area contributed by atoms with Gasteiger partial charge in [-0.2, -0.15) is 0 Å². The van der Waals surface area contributed by atoms with E-state index in [0.29, 0.717) is 6.67 Å². The molecule has 8 aromatic carbocycles. The molecule has 0 N–H and O–H groups in total. The van der Waals surface area contributed by atoms with Crippen LogP contribution in [0.5, 0.6) is 11.5 Å². The number of thiophene rings is 1. The van der Waals surface area contributed by atoms with E-state index in [2.05, 4.69) is 229 Å². The van der Waals surface area contributed by atoms with Crippen LogP contribution in [0.4, 0.5) is 22.7 Å². The highest BCUT2D eigenvalue weighted by Crippen LogP contribution is 2.51. The molecular weight excluding hydrogens is 801 g/mol. The normalized spacial score (nSPS) is 12.8. The summed E-state index contributed by atoms with van der Waals surface area (Å²) in [6.45, 7) is 7.40. The second-order valence-electron chi connectivity index (χ2n) is 17.6. The number of nitrogens with zero attached hydrogens (tertiary/aromatic N) is 4. The summed E-state index contributed by atoms with van der Waals surface area (Å²) in [5.74, 6) is 2.44. The lowest BCUT2D eigenvalue weighted by atomic mass is 9.88. The summed E-state index contributed by atoms with van der Waals surface area (Å²) in [5.41, 5.74) is 12.7. The Morgan fingerprint density at radius 1 is 0.562 bits per heavy atom. The van der Waals surface area contributed by atoms with Crippen LogP contribution in [-0.2, 0) is 5.41 Å². The van der Waals surface area contributed by atoms with Crippen molar-refractivity contribution in [3.05, 3.63) is 206 Å². The van der Waals surface area contributed by atoms with Crippen molar-refractivity contribution in [1.82, 2.24) is 9.55 Å². The van der Waals surface area contributed by atoms with Crippen LogP contribution < -0.4 is 14.5 Å². The van der Waals surface area contributed by atoms with Gasteiger partial charge in [0.05, 0.1) is 32.8 Å². The molecule has 0 radical (unpaired) electrons. The van der Waals surface area contributed by atoms with Crippen LogP contribution in [0, 0.1) is 0 Å². The van der Waals surface area contributed by atoms with Crippen LogP contribution in [0.2, 0.25) is 0 Å². The lowest BCUT2D eigenvalue weighted by molar-refractivity contribution is 0.483. The highest BCUT2D eigenvalue weighted by molar-refractivity contribution is 7.27. The molecule has 0 unspecified atom stereocenters. The van der Waals surface area contributed by atoms with Crippen LogP contribution >= 0.6 is 11.3 Å². The van der Waals surface area contributed by atoms with Gasteiger partial charge in [0.25, 0.3) is 0 Å². The van der Waals surface area contributed by atoms with E-state index in [-0.39, 0.29) is 5.41 Å². The minimum atomic E-state index is -0.0369. The standard InChI is InChI=1S/C58H44N4OS/c1-58(2,3)41-32-33-59-53(34-41)62-51-36-44(29-30-48(51)57-56(62)54-45-23-11-10-20-40(45)28-31-52(54)64-57)63-43-22-14-21-42(35-43)60-37-61(50-27-13-12-26-49(50)60)55-46(38-16-6-4-7-17-38)24-15-25-47(55)39-18-8-5-9-19-39/h4-36H,37H2,1-3H3. The largest absolute Gasteiger partial charge is 0.457 e. The third-order valence-corrected chi connectivity index (χ3v) is 13.8. The number of fused-ring (bicyclic) bond motifs is 8. The van der Waals surface area contributed by atoms with Crippen molar-refractivity contribution in [3.63, 3.8) is 0 Å². The minimum Gasteiger partial charge on any atom is -0.457 e. The van der Waals surface area contributed by atoms with Crippen LogP contribution in [0.25, 0.3) is 70.0 Å². The minimum absolute atomic E-state index is 0.0369. The molecule has 0 atom stereocenters. The third kappa shape index (κ3) is 6.32. The van der Waals surface area contributed by atoms with E-state index in [9.17, 15) is 0 Å². The van der Waals surface area contributed by atoms with Gasteiger partial charge < -0.3 is 14.5 Å². The van der Waals surface area contributed by atoms with Gasteiger partial charge in [-0.1, -0.05) is 148 Å².